The van der Waals surface area contributed by atoms with E-state index in [4.69, 9.17) is 21.8 Å². The molecule has 0 amide bonds. The van der Waals surface area contributed by atoms with Crippen LogP contribution in [0, 0.1) is 32.7 Å². The Labute approximate surface area is 339 Å². The molecule has 2 aromatic heterocycles. The Morgan fingerprint density at radius 2 is 1.34 bits per heavy atom. The summed E-state index contributed by atoms with van der Waals surface area (Å²) in [5.41, 5.74) is 7.89. The van der Waals surface area contributed by atoms with E-state index in [1.807, 2.05) is 99.6 Å². The average molecular weight is 876 g/mol. The number of hydrogen-bond acceptors (Lipinski definition) is 4. The van der Waals surface area contributed by atoms with Crippen molar-refractivity contribution >= 4 is 23.1 Å². The normalized spacial score (nSPS) is 15.3. The molecule has 1 radical (unpaired) electrons. The van der Waals surface area contributed by atoms with Gasteiger partial charge >= 0.3 is 0 Å². The van der Waals surface area contributed by atoms with Crippen LogP contribution in [-0.2, 0) is 25.5 Å². The third-order valence-electron chi connectivity index (χ3n) is 9.31. The van der Waals surface area contributed by atoms with Crippen LogP contribution in [-0.4, -0.2) is 16.7 Å². The van der Waals surface area contributed by atoms with E-state index < -0.39 is 20.6 Å². The summed E-state index contributed by atoms with van der Waals surface area (Å²) in [4.78, 5) is 8.85. The summed E-state index contributed by atoms with van der Waals surface area (Å²) in [5, 5.41) is 0. The minimum Gasteiger partial charge on any atom is -0.503 e. The fourth-order valence-corrected chi connectivity index (χ4v) is 6.77. The van der Waals surface area contributed by atoms with E-state index in [1.54, 1.807) is 12.1 Å². The molecule has 0 atom stereocenters. The Morgan fingerprint density at radius 1 is 0.660 bits per heavy atom. The van der Waals surface area contributed by atoms with Crippen LogP contribution in [0.5, 0.6) is 23.0 Å². The first-order valence-electron chi connectivity index (χ1n) is 21.5. The monoisotopic (exact) mass is 876 g/mol. The smallest absolute Gasteiger partial charge is 0.239 e. The van der Waals surface area contributed by atoms with Crippen molar-refractivity contribution < 1.29 is 41.9 Å². The van der Waals surface area contributed by atoms with Crippen LogP contribution in [0.15, 0.2) is 128 Å². The van der Waals surface area contributed by atoms with Gasteiger partial charge in [-0.3, -0.25) is 0 Å². The molecule has 263 valence electrons. The number of nitrogens with zero attached hydrogens (tertiary/aromatic N) is 2. The predicted octanol–water partition coefficient (Wildman–Crippen LogP) is 9.71. The molecule has 0 bridgehead atoms. The van der Waals surface area contributed by atoms with Gasteiger partial charge in [0.1, 0.15) is 11.5 Å². The van der Waals surface area contributed by atoms with E-state index in [0.29, 0.717) is 39.6 Å². The van der Waals surface area contributed by atoms with Crippen LogP contribution < -0.4 is 25.9 Å². The Morgan fingerprint density at radius 3 is 2.02 bits per heavy atom. The minimum atomic E-state index is -2.29. The molecular weight excluding hydrogens is 828 g/mol. The van der Waals surface area contributed by atoms with Gasteiger partial charge in [0.05, 0.1) is 0 Å². The predicted molar refractivity (Wildman–Crippen MR) is 213 cm³/mol. The summed E-state index contributed by atoms with van der Waals surface area (Å²) in [6.07, 6.45) is 2.83. The van der Waals surface area contributed by atoms with E-state index in [0.717, 1.165) is 39.0 Å². The number of aromatic nitrogens is 2. The topological polar surface area (TPSA) is 44.2 Å². The molecule has 2 aliphatic rings. The number of rotatable bonds is 3. The standard InChI is InChI=1S/C28H23BNO2.C19H16N.Ir/c1-17-16-30-22(15-19(17)28(2,3)4)18-13-14-25-26-27(18)32-24-12-8-6-10-21(24)29(26)20-9-5-7-11-23(20)31-25;1-14-8-10-17(11-9-14)19-12-18(15(2)13-20-19)16-6-4-3-5-7-16;/h5-12,14-16H,1-4H3;3-10,12-13H,1-2H3;/q2*-1;/i1D3;1D3,2D3;. The first-order valence-corrected chi connectivity index (χ1v) is 17.0. The number of para-hydroxylation sites is 2. The van der Waals surface area contributed by atoms with Crippen LogP contribution in [0.25, 0.3) is 33.6 Å². The third-order valence-corrected chi connectivity index (χ3v) is 9.31. The molecule has 4 heterocycles. The van der Waals surface area contributed by atoms with Crippen LogP contribution >= 0.6 is 0 Å². The Bertz CT molecular complexity index is 2760. The second-order valence-corrected chi connectivity index (χ2v) is 13.8. The fourth-order valence-electron chi connectivity index (χ4n) is 6.77. The number of pyridine rings is 2. The first-order chi connectivity index (χ1) is 28.8. The van der Waals surface area contributed by atoms with Gasteiger partial charge in [-0.2, -0.15) is 0 Å². The van der Waals surface area contributed by atoms with Crippen molar-refractivity contribution in [3.63, 3.8) is 0 Å². The summed E-state index contributed by atoms with van der Waals surface area (Å²) >= 11 is 0. The molecule has 0 saturated carbocycles. The molecule has 0 spiro atoms. The number of hydrogen-bond donors (Lipinski definition) is 0. The molecule has 0 saturated heterocycles. The average Bonchev–Trinajstić information content (AvgIpc) is 3.22. The zero-order valence-corrected chi connectivity index (χ0v) is 31.6. The molecule has 9 rings (SSSR count). The van der Waals surface area contributed by atoms with E-state index in [1.165, 1.54) is 24.5 Å². The molecule has 5 aromatic carbocycles. The molecule has 2 aliphatic heterocycles. The Balaban J connectivity index is 0.000000192. The SMILES string of the molecule is [2H]C([2H])([2H])c1c[c-]c(-c2cc(-c3ccccc3)c(C([2H])([2H])[2H])cn2)cc1.[2H]C([2H])([2H])c1cnc(-c2[c-]cc3c4c2Oc2ccccc2B4c2ccccc2O3)cc1C(C)(C)C.[Ir]. The maximum atomic E-state index is 8.00. The summed E-state index contributed by atoms with van der Waals surface area (Å²) in [6, 6.07) is 41.6. The van der Waals surface area contributed by atoms with Crippen molar-refractivity contribution in [3.8, 4) is 56.6 Å². The van der Waals surface area contributed by atoms with Crippen LogP contribution in [0.4, 0.5) is 0 Å². The minimum absolute atomic E-state index is 0. The van der Waals surface area contributed by atoms with Crippen LogP contribution in [0.3, 0.4) is 0 Å². The van der Waals surface area contributed by atoms with Gasteiger partial charge in [-0.05, 0) is 81.4 Å². The zero-order chi connectivity index (χ0) is 43.5. The summed E-state index contributed by atoms with van der Waals surface area (Å²) < 4.78 is 82.3. The molecule has 0 unspecified atom stereocenters. The molecular formula is C47H39BIrN2O2-2. The number of ether oxygens (including phenoxy) is 2. The van der Waals surface area contributed by atoms with Gasteiger partial charge in [-0.1, -0.05) is 118 Å². The molecule has 53 heavy (non-hydrogen) atoms. The van der Waals surface area contributed by atoms with Gasteiger partial charge in [0.15, 0.2) is 0 Å². The third kappa shape index (κ3) is 6.98. The van der Waals surface area contributed by atoms with E-state index in [-0.39, 0.29) is 48.9 Å². The summed E-state index contributed by atoms with van der Waals surface area (Å²) in [7, 11) is 0. The molecule has 7 aromatic rings. The van der Waals surface area contributed by atoms with Crippen molar-refractivity contribution in [2.24, 2.45) is 0 Å². The van der Waals surface area contributed by atoms with Crippen LogP contribution in [0.2, 0.25) is 0 Å². The number of benzene rings is 5. The van der Waals surface area contributed by atoms with Crippen molar-refractivity contribution in [1.82, 2.24) is 9.97 Å². The summed E-state index contributed by atoms with van der Waals surface area (Å²) in [5.74, 6) is 2.96. The fraction of sp³-hybridized carbons (Fsp3) is 0.149. The van der Waals surface area contributed by atoms with Gasteiger partial charge in [0.2, 0.25) is 6.71 Å². The summed E-state index contributed by atoms with van der Waals surface area (Å²) in [6.45, 7) is -0.749. The molecule has 0 fully saturated rings. The molecule has 0 aliphatic carbocycles. The quantitative estimate of drug-likeness (QED) is 0.131. The largest absolute Gasteiger partial charge is 0.503 e. The van der Waals surface area contributed by atoms with Crippen molar-refractivity contribution in [2.45, 2.75) is 46.7 Å². The maximum Gasteiger partial charge on any atom is 0.239 e. The second kappa shape index (κ2) is 14.6. The zero-order valence-electron chi connectivity index (χ0n) is 38.2. The Kier molecular flexibility index (Phi) is 7.30. The van der Waals surface area contributed by atoms with Gasteiger partial charge in [-0.25, -0.2) is 0 Å². The van der Waals surface area contributed by atoms with Crippen molar-refractivity contribution in [1.29, 1.82) is 0 Å². The second-order valence-electron chi connectivity index (χ2n) is 13.8. The van der Waals surface area contributed by atoms with Crippen LogP contribution in [0.1, 0.15) is 55.4 Å². The number of aryl methyl sites for hydroxylation is 3. The van der Waals surface area contributed by atoms with Gasteiger partial charge < -0.3 is 19.4 Å². The van der Waals surface area contributed by atoms with Crippen molar-refractivity contribution in [3.05, 3.63) is 162 Å². The van der Waals surface area contributed by atoms with Gasteiger partial charge in [0, 0.05) is 56.3 Å². The maximum absolute atomic E-state index is 8.00. The van der Waals surface area contributed by atoms with Crippen molar-refractivity contribution in [2.75, 3.05) is 0 Å². The van der Waals surface area contributed by atoms with Gasteiger partial charge in [0.25, 0.3) is 0 Å². The Hall–Kier alpha value is -5.29. The molecule has 4 nitrogen and oxygen atoms in total. The van der Waals surface area contributed by atoms with Gasteiger partial charge in [-0.15, -0.1) is 47.5 Å². The van der Waals surface area contributed by atoms with E-state index in [9.17, 15) is 0 Å². The number of fused-ring (bicyclic) bond motifs is 4. The van der Waals surface area contributed by atoms with E-state index >= 15 is 0 Å². The molecule has 6 heteroatoms. The molecule has 0 N–H and O–H groups in total. The first kappa shape index (κ1) is 26.5. The van der Waals surface area contributed by atoms with E-state index in [2.05, 4.69) is 34.2 Å².